The minimum atomic E-state index is -3.60. The fourth-order valence-corrected chi connectivity index (χ4v) is 2.76. The molecule has 0 aromatic carbocycles. The average Bonchev–Trinajstić information content (AvgIpc) is 2.42. The van der Waals surface area contributed by atoms with Gasteiger partial charge in [0.2, 0.25) is 10.0 Å². The molecule has 3 N–H and O–H groups in total. The topological polar surface area (TPSA) is 98.2 Å². The quantitative estimate of drug-likeness (QED) is 0.849. The van der Waals surface area contributed by atoms with E-state index in [1.54, 1.807) is 27.7 Å². The number of rotatable bonds is 4. The molecule has 0 atom stereocenters. The van der Waals surface area contributed by atoms with E-state index >= 15 is 0 Å². The highest BCUT2D eigenvalue weighted by Gasteiger charge is 2.25. The van der Waals surface area contributed by atoms with Crippen LogP contribution < -0.4 is 10.5 Å². The van der Waals surface area contributed by atoms with Crippen molar-refractivity contribution in [3.63, 3.8) is 0 Å². The molecule has 0 radical (unpaired) electrons. The first-order chi connectivity index (χ1) is 7.13. The molecule has 0 saturated heterocycles. The predicted molar refractivity (Wildman–Crippen MR) is 66.7 cm³/mol. The SMILES string of the molecule is Cc1noc(C)c1S(=O)(=O)NCC(C)(C)N.Cl. The van der Waals surface area contributed by atoms with Crippen molar-refractivity contribution in [3.8, 4) is 0 Å². The van der Waals surface area contributed by atoms with Gasteiger partial charge in [-0.15, -0.1) is 12.4 Å². The lowest BCUT2D eigenvalue weighted by molar-refractivity contribution is 0.390. The molecule has 1 rings (SSSR count). The highest BCUT2D eigenvalue weighted by atomic mass is 35.5. The highest BCUT2D eigenvalue weighted by molar-refractivity contribution is 7.89. The van der Waals surface area contributed by atoms with Gasteiger partial charge in [0.25, 0.3) is 0 Å². The first-order valence-electron chi connectivity index (χ1n) is 4.85. The average molecular weight is 284 g/mol. The van der Waals surface area contributed by atoms with Crippen LogP contribution in [0.3, 0.4) is 0 Å². The van der Waals surface area contributed by atoms with E-state index in [9.17, 15) is 8.42 Å². The van der Waals surface area contributed by atoms with Gasteiger partial charge < -0.3 is 10.3 Å². The van der Waals surface area contributed by atoms with E-state index in [1.807, 2.05) is 0 Å². The zero-order valence-electron chi connectivity index (χ0n) is 10.3. The molecule has 0 aliphatic rings. The number of nitrogens with two attached hydrogens (primary N) is 1. The van der Waals surface area contributed by atoms with Gasteiger partial charge in [-0.1, -0.05) is 5.16 Å². The predicted octanol–water partition coefficient (Wildman–Crippen LogP) is 0.729. The van der Waals surface area contributed by atoms with Crippen LogP contribution in [-0.2, 0) is 10.0 Å². The Morgan fingerprint density at radius 2 is 1.94 bits per heavy atom. The van der Waals surface area contributed by atoms with E-state index in [1.165, 1.54) is 0 Å². The standard InChI is InChI=1S/C9H17N3O3S.ClH/c1-6-8(7(2)15-12-6)16(13,14)11-5-9(3,4)10;/h11H,5,10H2,1-4H3;1H. The zero-order chi connectivity index (χ0) is 12.6. The summed E-state index contributed by atoms with van der Waals surface area (Å²) in [6.45, 7) is 6.77. The van der Waals surface area contributed by atoms with Gasteiger partial charge in [-0.05, 0) is 27.7 Å². The van der Waals surface area contributed by atoms with Crippen molar-refractivity contribution in [1.29, 1.82) is 0 Å². The third kappa shape index (κ3) is 4.27. The zero-order valence-corrected chi connectivity index (χ0v) is 11.9. The van der Waals surface area contributed by atoms with E-state index in [-0.39, 0.29) is 29.6 Å². The van der Waals surface area contributed by atoms with Crippen LogP contribution in [0.2, 0.25) is 0 Å². The van der Waals surface area contributed by atoms with Gasteiger partial charge >= 0.3 is 0 Å². The molecule has 0 spiro atoms. The first-order valence-corrected chi connectivity index (χ1v) is 6.33. The number of nitrogens with one attached hydrogen (secondary N) is 1. The lowest BCUT2D eigenvalue weighted by Gasteiger charge is -2.18. The maximum absolute atomic E-state index is 11.9. The molecule has 100 valence electrons. The van der Waals surface area contributed by atoms with Gasteiger partial charge in [-0.2, -0.15) is 0 Å². The number of nitrogens with zero attached hydrogens (tertiary/aromatic N) is 1. The van der Waals surface area contributed by atoms with Gasteiger partial charge in [-0.25, -0.2) is 13.1 Å². The van der Waals surface area contributed by atoms with Crippen molar-refractivity contribution in [2.45, 2.75) is 38.1 Å². The Morgan fingerprint density at radius 3 is 2.29 bits per heavy atom. The second kappa shape index (κ2) is 5.34. The summed E-state index contributed by atoms with van der Waals surface area (Å²) in [7, 11) is -3.60. The Morgan fingerprint density at radius 1 is 1.41 bits per heavy atom. The van der Waals surface area contributed by atoms with E-state index in [4.69, 9.17) is 10.3 Å². The minimum absolute atomic E-state index is 0. The molecule has 6 nitrogen and oxygen atoms in total. The number of aromatic nitrogens is 1. The summed E-state index contributed by atoms with van der Waals surface area (Å²) in [4.78, 5) is 0.0942. The van der Waals surface area contributed by atoms with Gasteiger partial charge in [0.15, 0.2) is 5.76 Å². The van der Waals surface area contributed by atoms with E-state index in [0.29, 0.717) is 5.69 Å². The second-order valence-corrected chi connectivity index (χ2v) is 6.17. The third-order valence-corrected chi connectivity index (χ3v) is 3.60. The van der Waals surface area contributed by atoms with Crippen molar-refractivity contribution in [1.82, 2.24) is 9.88 Å². The Kier molecular flexibility index (Phi) is 5.15. The number of halogens is 1. The Balaban J connectivity index is 0.00000256. The fraction of sp³-hybridized carbons (Fsp3) is 0.667. The molecule has 1 heterocycles. The molecule has 0 aliphatic carbocycles. The van der Waals surface area contributed by atoms with Crippen LogP contribution in [-0.4, -0.2) is 25.7 Å². The maximum Gasteiger partial charge on any atom is 0.246 e. The highest BCUT2D eigenvalue weighted by Crippen LogP contribution is 2.18. The van der Waals surface area contributed by atoms with Gasteiger partial charge in [0, 0.05) is 12.1 Å². The number of hydrogen-bond donors (Lipinski definition) is 2. The Hall–Kier alpha value is -0.630. The Bertz CT molecular complexity index is 457. The second-order valence-electron chi connectivity index (χ2n) is 4.47. The smallest absolute Gasteiger partial charge is 0.246 e. The normalized spacial score (nSPS) is 12.3. The largest absolute Gasteiger partial charge is 0.360 e. The van der Waals surface area contributed by atoms with Crippen molar-refractivity contribution in [2.75, 3.05) is 6.54 Å². The summed E-state index contributed by atoms with van der Waals surface area (Å²) in [5, 5.41) is 3.60. The summed E-state index contributed by atoms with van der Waals surface area (Å²) in [6.07, 6.45) is 0. The van der Waals surface area contributed by atoms with Crippen LogP contribution in [0, 0.1) is 13.8 Å². The Labute approximate surface area is 107 Å². The van der Waals surface area contributed by atoms with Gasteiger partial charge in [-0.3, -0.25) is 0 Å². The molecular weight excluding hydrogens is 266 g/mol. The monoisotopic (exact) mass is 283 g/mol. The molecule has 17 heavy (non-hydrogen) atoms. The van der Waals surface area contributed by atoms with Crippen molar-refractivity contribution in [2.24, 2.45) is 5.73 Å². The van der Waals surface area contributed by atoms with Gasteiger partial charge in [0.05, 0.1) is 0 Å². The number of hydrogen-bond acceptors (Lipinski definition) is 5. The molecule has 0 bridgehead atoms. The summed E-state index contributed by atoms with van der Waals surface area (Å²) in [5.41, 5.74) is 5.45. The molecule has 0 fully saturated rings. The lowest BCUT2D eigenvalue weighted by atomic mass is 10.1. The van der Waals surface area contributed by atoms with Crippen LogP contribution in [0.4, 0.5) is 0 Å². The molecule has 1 aromatic heterocycles. The van der Waals surface area contributed by atoms with Crippen LogP contribution >= 0.6 is 12.4 Å². The van der Waals surface area contributed by atoms with Crippen LogP contribution in [0.5, 0.6) is 0 Å². The molecule has 0 aliphatic heterocycles. The van der Waals surface area contributed by atoms with Crippen LogP contribution in [0.1, 0.15) is 25.3 Å². The lowest BCUT2D eigenvalue weighted by Crippen LogP contribution is -2.45. The summed E-state index contributed by atoms with van der Waals surface area (Å²) < 4.78 is 31.1. The molecule has 8 heteroatoms. The summed E-state index contributed by atoms with van der Waals surface area (Å²) in [6, 6.07) is 0. The molecular formula is C9H18ClN3O3S. The van der Waals surface area contributed by atoms with Crippen LogP contribution in [0.15, 0.2) is 9.42 Å². The minimum Gasteiger partial charge on any atom is -0.360 e. The van der Waals surface area contributed by atoms with E-state index in [2.05, 4.69) is 9.88 Å². The first kappa shape index (κ1) is 16.4. The van der Waals surface area contributed by atoms with Gasteiger partial charge in [0.1, 0.15) is 10.6 Å². The number of aryl methyl sites for hydroxylation is 2. The molecule has 0 saturated carbocycles. The maximum atomic E-state index is 11.9. The van der Waals surface area contributed by atoms with E-state index in [0.717, 1.165) is 0 Å². The van der Waals surface area contributed by atoms with Crippen LogP contribution in [0.25, 0.3) is 0 Å². The van der Waals surface area contributed by atoms with Crippen molar-refractivity contribution in [3.05, 3.63) is 11.5 Å². The number of sulfonamides is 1. The molecule has 1 aromatic rings. The summed E-state index contributed by atoms with van der Waals surface area (Å²) >= 11 is 0. The van der Waals surface area contributed by atoms with Crippen molar-refractivity contribution < 1.29 is 12.9 Å². The van der Waals surface area contributed by atoms with Crippen molar-refractivity contribution >= 4 is 22.4 Å². The molecule has 0 unspecified atom stereocenters. The summed E-state index contributed by atoms with van der Waals surface area (Å²) in [5.74, 6) is 0.278. The third-order valence-electron chi connectivity index (χ3n) is 1.95. The fourth-order valence-electron chi connectivity index (χ4n) is 1.21. The van der Waals surface area contributed by atoms with E-state index < -0.39 is 15.6 Å². The molecule has 0 amide bonds.